The summed E-state index contributed by atoms with van der Waals surface area (Å²) in [4.78, 5) is 0. The Bertz CT molecular complexity index is 476. The Morgan fingerprint density at radius 3 is 2.75 bits per heavy atom. The summed E-state index contributed by atoms with van der Waals surface area (Å²) in [7, 11) is 0. The van der Waals surface area contributed by atoms with Crippen LogP contribution < -0.4 is 0 Å². The van der Waals surface area contributed by atoms with Gasteiger partial charge in [0.25, 0.3) is 0 Å². The van der Waals surface area contributed by atoms with Crippen LogP contribution in [0, 0.1) is 12.3 Å². The van der Waals surface area contributed by atoms with E-state index in [-0.39, 0.29) is 0 Å². The zero-order valence-corrected chi connectivity index (χ0v) is 10.0. The quantitative estimate of drug-likeness (QED) is 0.795. The third kappa shape index (κ3) is 2.45. The van der Waals surface area contributed by atoms with Gasteiger partial charge in [0.05, 0.1) is 5.02 Å². The average Bonchev–Trinajstić information content (AvgIpc) is 2.66. The lowest BCUT2D eigenvalue weighted by Gasteiger charge is -1.97. The molecule has 0 N–H and O–H groups in total. The monoisotopic (exact) mass is 234 g/mol. The molecule has 0 spiro atoms. The minimum atomic E-state index is 0.437. The van der Waals surface area contributed by atoms with Gasteiger partial charge in [0.2, 0.25) is 0 Å². The van der Waals surface area contributed by atoms with E-state index in [1.807, 2.05) is 36.8 Å². The van der Waals surface area contributed by atoms with Crippen LogP contribution in [0.15, 0.2) is 34.9 Å². The van der Waals surface area contributed by atoms with Crippen molar-refractivity contribution in [3.63, 3.8) is 0 Å². The molecule has 0 amide bonds. The predicted molar refractivity (Wildman–Crippen MR) is 65.2 cm³/mol. The molecule has 2 rings (SSSR count). The highest BCUT2D eigenvalue weighted by Crippen LogP contribution is 2.27. The molecule has 0 saturated heterocycles. The van der Waals surface area contributed by atoms with Gasteiger partial charge in [0.1, 0.15) is 11.5 Å². The molecule has 0 bridgehead atoms. The van der Waals surface area contributed by atoms with E-state index in [1.54, 1.807) is 0 Å². The van der Waals surface area contributed by atoms with Crippen LogP contribution in [-0.4, -0.2) is 5.16 Å². The molecule has 2 nitrogen and oxygen atoms in total. The Kier molecular flexibility index (Phi) is 3.30. The van der Waals surface area contributed by atoms with Crippen molar-refractivity contribution in [2.45, 2.75) is 13.8 Å². The second-order valence-electron chi connectivity index (χ2n) is 4.01. The van der Waals surface area contributed by atoms with Gasteiger partial charge in [-0.05, 0) is 12.0 Å². The lowest BCUT2D eigenvalue weighted by molar-refractivity contribution is 0.397. The molecule has 1 heterocycles. The molecular formula is C13H13ClNO. The van der Waals surface area contributed by atoms with Crippen LogP contribution in [-0.2, 0) is 0 Å². The molecule has 0 unspecified atom stereocenters. The van der Waals surface area contributed by atoms with Crippen LogP contribution >= 0.6 is 11.6 Å². The highest BCUT2D eigenvalue weighted by molar-refractivity contribution is 6.33. The van der Waals surface area contributed by atoms with Crippen molar-refractivity contribution in [2.75, 3.05) is 0 Å². The fraction of sp³-hybridized carbons (Fsp3) is 0.231. The number of rotatable bonds is 3. The predicted octanol–water partition coefficient (Wildman–Crippen LogP) is 4.20. The van der Waals surface area contributed by atoms with E-state index < -0.39 is 0 Å². The fourth-order valence-electron chi connectivity index (χ4n) is 1.49. The molecule has 0 fully saturated rings. The first-order valence-corrected chi connectivity index (χ1v) is 5.61. The van der Waals surface area contributed by atoms with Crippen molar-refractivity contribution >= 4 is 11.6 Å². The number of hydrogen-bond donors (Lipinski definition) is 0. The van der Waals surface area contributed by atoms with E-state index in [2.05, 4.69) is 19.0 Å². The molecule has 83 valence electrons. The molecule has 3 heteroatoms. The number of halogens is 1. The number of hydrogen-bond acceptors (Lipinski definition) is 2. The second kappa shape index (κ2) is 4.71. The van der Waals surface area contributed by atoms with Gasteiger partial charge in [0, 0.05) is 18.1 Å². The molecule has 2 aromatic rings. The van der Waals surface area contributed by atoms with Crippen molar-refractivity contribution in [2.24, 2.45) is 5.92 Å². The van der Waals surface area contributed by atoms with Crippen molar-refractivity contribution < 1.29 is 4.52 Å². The molecule has 1 aromatic heterocycles. The Morgan fingerprint density at radius 1 is 1.31 bits per heavy atom. The summed E-state index contributed by atoms with van der Waals surface area (Å²) >= 11 is 6.08. The Hall–Kier alpha value is -1.28. The topological polar surface area (TPSA) is 26.0 Å². The summed E-state index contributed by atoms with van der Waals surface area (Å²) in [5, 5.41) is 4.70. The maximum Gasteiger partial charge on any atom is 0.141 e. The Morgan fingerprint density at radius 2 is 2.06 bits per heavy atom. The van der Waals surface area contributed by atoms with E-state index in [0.717, 1.165) is 17.0 Å². The molecule has 1 radical (unpaired) electrons. The van der Waals surface area contributed by atoms with Crippen molar-refractivity contribution in [1.82, 2.24) is 5.16 Å². The molecule has 0 aliphatic carbocycles. The first-order chi connectivity index (χ1) is 7.66. The van der Waals surface area contributed by atoms with Crippen LogP contribution in [0.3, 0.4) is 0 Å². The van der Waals surface area contributed by atoms with Crippen LogP contribution in [0.5, 0.6) is 0 Å². The smallest absolute Gasteiger partial charge is 0.141 e. The molecule has 0 aliphatic heterocycles. The van der Waals surface area contributed by atoms with Crippen LogP contribution in [0.2, 0.25) is 5.02 Å². The zero-order valence-electron chi connectivity index (χ0n) is 9.27. The van der Waals surface area contributed by atoms with Crippen molar-refractivity contribution in [3.8, 4) is 11.3 Å². The van der Waals surface area contributed by atoms with Gasteiger partial charge in [-0.3, -0.25) is 0 Å². The Labute approximate surface area is 100 Å². The van der Waals surface area contributed by atoms with Gasteiger partial charge in [-0.1, -0.05) is 48.8 Å². The zero-order chi connectivity index (χ0) is 11.5. The maximum absolute atomic E-state index is 6.08. The summed E-state index contributed by atoms with van der Waals surface area (Å²) in [6.07, 6.45) is 2.02. The standard InChI is InChI=1S/C13H13ClNO/c1-9(2)7-10-8-13(15-16-10)11-5-3-4-6-12(11)14/h3-9H,1-2H3. The van der Waals surface area contributed by atoms with Crippen LogP contribution in [0.4, 0.5) is 0 Å². The lowest BCUT2D eigenvalue weighted by atomic mass is 10.1. The van der Waals surface area contributed by atoms with E-state index >= 15 is 0 Å². The normalized spacial score (nSPS) is 11.0. The van der Waals surface area contributed by atoms with Crippen molar-refractivity contribution in [1.29, 1.82) is 0 Å². The van der Waals surface area contributed by atoms with Crippen LogP contribution in [0.1, 0.15) is 19.6 Å². The highest BCUT2D eigenvalue weighted by atomic mass is 35.5. The Balaban J connectivity index is 2.28. The highest BCUT2D eigenvalue weighted by Gasteiger charge is 2.10. The first kappa shape index (κ1) is 11.2. The SMILES string of the molecule is CC(C)[CH]c1cc(-c2ccccc2Cl)no1. The van der Waals surface area contributed by atoms with E-state index in [1.165, 1.54) is 0 Å². The van der Waals surface area contributed by atoms with E-state index in [9.17, 15) is 0 Å². The second-order valence-corrected chi connectivity index (χ2v) is 4.41. The number of aromatic nitrogens is 1. The van der Waals surface area contributed by atoms with Gasteiger partial charge < -0.3 is 4.52 Å². The number of nitrogens with zero attached hydrogens (tertiary/aromatic N) is 1. The van der Waals surface area contributed by atoms with Gasteiger partial charge in [-0.2, -0.15) is 0 Å². The minimum Gasteiger partial charge on any atom is -0.360 e. The summed E-state index contributed by atoms with van der Waals surface area (Å²) in [5.74, 6) is 1.22. The lowest BCUT2D eigenvalue weighted by Crippen LogP contribution is -1.87. The van der Waals surface area contributed by atoms with Crippen LogP contribution in [0.25, 0.3) is 11.3 Å². The molecular weight excluding hydrogens is 222 g/mol. The largest absolute Gasteiger partial charge is 0.360 e. The number of benzene rings is 1. The first-order valence-electron chi connectivity index (χ1n) is 5.23. The van der Waals surface area contributed by atoms with E-state index in [4.69, 9.17) is 16.1 Å². The van der Waals surface area contributed by atoms with Gasteiger partial charge in [0.15, 0.2) is 0 Å². The van der Waals surface area contributed by atoms with Crippen molar-refractivity contribution in [3.05, 3.63) is 47.5 Å². The van der Waals surface area contributed by atoms with Gasteiger partial charge in [-0.25, -0.2) is 0 Å². The summed E-state index contributed by atoms with van der Waals surface area (Å²) in [6, 6.07) is 9.51. The summed E-state index contributed by atoms with van der Waals surface area (Å²) in [5.41, 5.74) is 1.67. The molecule has 0 saturated carbocycles. The van der Waals surface area contributed by atoms with Gasteiger partial charge in [-0.15, -0.1) is 0 Å². The summed E-state index contributed by atoms with van der Waals surface area (Å²) in [6.45, 7) is 4.19. The molecule has 0 atom stereocenters. The minimum absolute atomic E-state index is 0.437. The maximum atomic E-state index is 6.08. The average molecular weight is 235 g/mol. The van der Waals surface area contributed by atoms with Gasteiger partial charge >= 0.3 is 0 Å². The third-order valence-corrected chi connectivity index (χ3v) is 2.51. The van der Waals surface area contributed by atoms with E-state index in [0.29, 0.717) is 10.9 Å². The molecule has 16 heavy (non-hydrogen) atoms. The summed E-state index contributed by atoms with van der Waals surface area (Å²) < 4.78 is 5.22. The molecule has 0 aliphatic rings. The third-order valence-electron chi connectivity index (χ3n) is 2.18. The molecule has 1 aromatic carbocycles. The fourth-order valence-corrected chi connectivity index (χ4v) is 1.72.